The molecule has 4 atom stereocenters. The van der Waals surface area contributed by atoms with Gasteiger partial charge in [-0.3, -0.25) is 4.79 Å². The van der Waals surface area contributed by atoms with Crippen molar-refractivity contribution in [2.75, 3.05) is 13.2 Å². The van der Waals surface area contributed by atoms with E-state index in [1.807, 2.05) is 0 Å². The SMILES string of the molecule is C=C(CO[Si](C(C)C)(C(C)C)C(C)C)/C(C)=C/C=C(\C)[C@H](CC[C@@H]1C[C@@H](C)[C@H](/C(C)=C/CCCOC(C)=O)O1)O[Si](CC)(CC)CC. The van der Waals surface area contributed by atoms with Gasteiger partial charge >= 0.3 is 5.97 Å². The average Bonchev–Trinajstić information content (AvgIpc) is 3.39. The van der Waals surface area contributed by atoms with Gasteiger partial charge in [0.15, 0.2) is 8.32 Å². The maximum Gasteiger partial charge on any atom is 0.302 e. The van der Waals surface area contributed by atoms with Crippen molar-refractivity contribution < 1.29 is 23.1 Å². The molecule has 0 bridgehead atoms. The Hall–Kier alpha value is -1.26. The van der Waals surface area contributed by atoms with E-state index in [1.165, 1.54) is 23.6 Å². The first-order valence-corrected chi connectivity index (χ1v) is 23.5. The highest BCUT2D eigenvalue weighted by Gasteiger charge is 2.45. The third-order valence-electron chi connectivity index (χ3n) is 11.0. The lowest BCUT2D eigenvalue weighted by Gasteiger charge is -2.42. The number of rotatable bonds is 22. The third-order valence-corrected chi connectivity index (χ3v) is 21.7. The summed E-state index contributed by atoms with van der Waals surface area (Å²) in [4.78, 5) is 11.0. The molecule has 0 aromatic heterocycles. The third kappa shape index (κ3) is 13.2. The highest BCUT2D eigenvalue weighted by Crippen LogP contribution is 2.42. The van der Waals surface area contributed by atoms with Crippen LogP contribution in [0.15, 0.2) is 47.1 Å². The molecule has 0 saturated carbocycles. The van der Waals surface area contributed by atoms with E-state index in [9.17, 15) is 4.79 Å². The zero-order valence-electron chi connectivity index (χ0n) is 33.1. The van der Waals surface area contributed by atoms with Crippen LogP contribution in [0.25, 0.3) is 0 Å². The van der Waals surface area contributed by atoms with Crippen LogP contribution in [0, 0.1) is 5.92 Å². The van der Waals surface area contributed by atoms with Crippen molar-refractivity contribution in [3.63, 3.8) is 0 Å². The fraction of sp³-hybridized carbons (Fsp3) is 0.775. The summed E-state index contributed by atoms with van der Waals surface area (Å²) in [6.45, 7) is 36.8. The van der Waals surface area contributed by atoms with Crippen molar-refractivity contribution >= 4 is 22.6 Å². The van der Waals surface area contributed by atoms with Gasteiger partial charge in [0.1, 0.15) is 0 Å². The van der Waals surface area contributed by atoms with Gasteiger partial charge in [0, 0.05) is 6.92 Å². The van der Waals surface area contributed by atoms with Crippen LogP contribution in [-0.4, -0.2) is 54.1 Å². The summed E-state index contributed by atoms with van der Waals surface area (Å²) in [5.41, 5.74) is 6.49. The minimum atomic E-state index is -1.94. The zero-order chi connectivity index (χ0) is 35.9. The number of esters is 1. The van der Waals surface area contributed by atoms with Crippen LogP contribution in [-0.2, 0) is 23.1 Å². The fourth-order valence-corrected chi connectivity index (χ4v) is 16.1. The van der Waals surface area contributed by atoms with Crippen molar-refractivity contribution in [2.45, 2.75) is 182 Å². The fourth-order valence-electron chi connectivity index (χ4n) is 7.75. The summed E-state index contributed by atoms with van der Waals surface area (Å²) in [6, 6.07) is 3.42. The van der Waals surface area contributed by atoms with Gasteiger partial charge < -0.3 is 18.3 Å². The Morgan fingerprint density at radius 3 is 2.02 bits per heavy atom. The Morgan fingerprint density at radius 1 is 0.936 bits per heavy atom. The summed E-state index contributed by atoms with van der Waals surface area (Å²) < 4.78 is 25.8. The Kier molecular flexibility index (Phi) is 19.6. The monoisotopic (exact) mass is 691 g/mol. The van der Waals surface area contributed by atoms with E-state index in [0.29, 0.717) is 35.8 Å². The van der Waals surface area contributed by atoms with Gasteiger partial charge in [-0.2, -0.15) is 0 Å². The van der Waals surface area contributed by atoms with Gasteiger partial charge in [-0.1, -0.05) is 94.0 Å². The number of hydrogen-bond donors (Lipinski definition) is 0. The molecule has 1 rings (SSSR count). The molecule has 0 unspecified atom stereocenters. The Bertz CT molecular complexity index is 1020. The van der Waals surface area contributed by atoms with E-state index in [4.69, 9.17) is 18.3 Å². The number of hydrogen-bond acceptors (Lipinski definition) is 5. The van der Waals surface area contributed by atoms with Crippen LogP contribution >= 0.6 is 0 Å². The lowest BCUT2D eigenvalue weighted by Crippen LogP contribution is -2.48. The molecule has 0 radical (unpaired) electrons. The molecule has 0 aliphatic carbocycles. The van der Waals surface area contributed by atoms with Gasteiger partial charge in [-0.25, -0.2) is 0 Å². The van der Waals surface area contributed by atoms with E-state index in [0.717, 1.165) is 55.8 Å². The molecule has 1 heterocycles. The second-order valence-corrected chi connectivity index (χ2v) is 25.4. The number of ether oxygens (including phenoxy) is 2. The molecule has 0 aromatic carbocycles. The average molecular weight is 691 g/mol. The van der Waals surface area contributed by atoms with Gasteiger partial charge in [-0.05, 0) is 116 Å². The molecule has 47 heavy (non-hydrogen) atoms. The summed E-state index contributed by atoms with van der Waals surface area (Å²) in [6.07, 6.45) is 12.0. The second-order valence-electron chi connectivity index (χ2n) is 15.2. The molecule has 1 aliphatic heterocycles. The Labute approximate surface area is 293 Å². The minimum absolute atomic E-state index is 0.0915. The standard InChI is InChI=1S/C40H74O5Si2/c1-16-46(17-2,18-3)45-39(25-24-38-27-35(13)40(44-38)34(12)21-19-20-26-42-37(15)41)33(11)23-22-32(10)36(14)28-43-47(29(4)5,30(6)7)31(8)9/h21-23,29-31,35,38-40H,14,16-20,24-28H2,1-13,15H3/b32-22+,33-23+,34-21+/t35-,38-,39+,40+/m1/s1. The normalized spacial score (nSPS) is 20.9. The summed E-state index contributed by atoms with van der Waals surface area (Å²) in [5.74, 6) is 0.272. The maximum absolute atomic E-state index is 11.0. The number of unbranched alkanes of at least 4 members (excludes halogenated alkanes) is 1. The molecule has 7 heteroatoms. The van der Waals surface area contributed by atoms with Crippen molar-refractivity contribution in [3.05, 3.63) is 47.1 Å². The molecule has 1 aliphatic rings. The molecule has 0 amide bonds. The second kappa shape index (κ2) is 21.1. The van der Waals surface area contributed by atoms with Crippen molar-refractivity contribution in [1.82, 2.24) is 0 Å². The lowest BCUT2D eigenvalue weighted by atomic mass is 9.94. The quantitative estimate of drug-likeness (QED) is 0.0372. The van der Waals surface area contributed by atoms with Gasteiger partial charge in [0.2, 0.25) is 8.32 Å². The maximum atomic E-state index is 11.0. The first-order chi connectivity index (χ1) is 22.0. The summed E-state index contributed by atoms with van der Waals surface area (Å²) in [5, 5.41) is 0. The first kappa shape index (κ1) is 43.8. The van der Waals surface area contributed by atoms with Crippen LogP contribution in [0.4, 0.5) is 0 Å². The molecular weight excluding hydrogens is 617 g/mol. The topological polar surface area (TPSA) is 54.0 Å². The van der Waals surface area contributed by atoms with Crippen molar-refractivity contribution in [2.24, 2.45) is 5.92 Å². The largest absolute Gasteiger partial charge is 0.466 e. The molecular formula is C40H74O5Si2. The first-order valence-electron chi connectivity index (χ1n) is 18.8. The van der Waals surface area contributed by atoms with Crippen molar-refractivity contribution in [1.29, 1.82) is 0 Å². The van der Waals surface area contributed by atoms with Gasteiger partial charge in [0.05, 0.1) is 31.5 Å². The molecule has 272 valence electrons. The predicted molar refractivity (Wildman–Crippen MR) is 207 cm³/mol. The Balaban J connectivity index is 3.05. The smallest absolute Gasteiger partial charge is 0.302 e. The summed E-state index contributed by atoms with van der Waals surface area (Å²) in [7, 11) is -3.76. The lowest BCUT2D eigenvalue weighted by molar-refractivity contribution is -0.141. The zero-order valence-corrected chi connectivity index (χ0v) is 35.1. The molecule has 0 spiro atoms. The predicted octanol–water partition coefficient (Wildman–Crippen LogP) is 11.9. The van der Waals surface area contributed by atoms with Crippen LogP contribution < -0.4 is 0 Å². The van der Waals surface area contributed by atoms with Gasteiger partial charge in [-0.15, -0.1) is 0 Å². The minimum Gasteiger partial charge on any atom is -0.466 e. The highest BCUT2D eigenvalue weighted by atomic mass is 28.4. The summed E-state index contributed by atoms with van der Waals surface area (Å²) >= 11 is 0. The Morgan fingerprint density at radius 2 is 1.51 bits per heavy atom. The van der Waals surface area contributed by atoms with E-state index in [2.05, 4.69) is 115 Å². The van der Waals surface area contributed by atoms with Crippen LogP contribution in [0.1, 0.15) is 129 Å². The van der Waals surface area contributed by atoms with Gasteiger partial charge in [0.25, 0.3) is 0 Å². The van der Waals surface area contributed by atoms with Crippen molar-refractivity contribution in [3.8, 4) is 0 Å². The highest BCUT2D eigenvalue weighted by molar-refractivity contribution is 6.77. The molecule has 5 nitrogen and oxygen atoms in total. The van der Waals surface area contributed by atoms with E-state index >= 15 is 0 Å². The molecule has 1 fully saturated rings. The van der Waals surface area contributed by atoms with E-state index in [1.54, 1.807) is 0 Å². The molecule has 0 N–H and O–H groups in total. The van der Waals surface area contributed by atoms with Crippen LogP contribution in [0.3, 0.4) is 0 Å². The van der Waals surface area contributed by atoms with Crippen LogP contribution in [0.5, 0.6) is 0 Å². The molecule has 1 saturated heterocycles. The number of carbonyl (C=O) groups excluding carboxylic acids is 1. The molecule has 0 aromatic rings. The van der Waals surface area contributed by atoms with Crippen LogP contribution in [0.2, 0.25) is 34.8 Å². The van der Waals surface area contributed by atoms with E-state index < -0.39 is 16.6 Å². The number of allylic oxidation sites excluding steroid dienone is 3. The number of carbonyl (C=O) groups is 1. The van der Waals surface area contributed by atoms with E-state index in [-0.39, 0.29) is 24.3 Å².